The first kappa shape index (κ1) is 16.0. The summed E-state index contributed by atoms with van der Waals surface area (Å²) in [7, 11) is 0. The van der Waals surface area contributed by atoms with E-state index in [-0.39, 0.29) is 5.54 Å². The van der Waals surface area contributed by atoms with Crippen molar-refractivity contribution in [1.29, 1.82) is 0 Å². The lowest BCUT2D eigenvalue weighted by atomic mass is 9.89. The summed E-state index contributed by atoms with van der Waals surface area (Å²) in [5.74, 6) is 1.75. The highest BCUT2D eigenvalue weighted by Crippen LogP contribution is 2.21. The molecule has 16 heavy (non-hydrogen) atoms. The molecule has 0 aliphatic rings. The van der Waals surface area contributed by atoms with E-state index in [9.17, 15) is 0 Å². The molecule has 2 atom stereocenters. The molecule has 2 unspecified atom stereocenters. The zero-order valence-electron chi connectivity index (χ0n) is 12.4. The maximum Gasteiger partial charge on any atom is 0.00966 e. The van der Waals surface area contributed by atoms with E-state index in [1.807, 2.05) is 0 Å². The fourth-order valence-electron chi connectivity index (χ4n) is 2.11. The Hall–Kier alpha value is -0.0400. The van der Waals surface area contributed by atoms with Gasteiger partial charge in [-0.15, -0.1) is 0 Å². The molecule has 0 saturated carbocycles. The van der Waals surface area contributed by atoms with Gasteiger partial charge in [-0.05, 0) is 45.6 Å². The first-order chi connectivity index (χ1) is 7.39. The Balaban J connectivity index is 3.77. The highest BCUT2D eigenvalue weighted by atomic mass is 14.9. The Morgan fingerprint density at radius 1 is 1.12 bits per heavy atom. The predicted octanol–water partition coefficient (Wildman–Crippen LogP) is 4.62. The van der Waals surface area contributed by atoms with E-state index in [1.165, 1.54) is 32.1 Å². The quantitative estimate of drug-likeness (QED) is 0.638. The summed E-state index contributed by atoms with van der Waals surface area (Å²) >= 11 is 0. The summed E-state index contributed by atoms with van der Waals surface area (Å²) in [5.41, 5.74) is 0.263. The van der Waals surface area contributed by atoms with E-state index in [0.717, 1.165) is 18.4 Å². The Morgan fingerprint density at radius 3 is 2.19 bits per heavy atom. The van der Waals surface area contributed by atoms with Gasteiger partial charge in [0.15, 0.2) is 0 Å². The molecule has 98 valence electrons. The van der Waals surface area contributed by atoms with E-state index in [1.54, 1.807) is 0 Å². The van der Waals surface area contributed by atoms with Crippen LogP contribution in [0.3, 0.4) is 0 Å². The van der Waals surface area contributed by atoms with Crippen LogP contribution < -0.4 is 5.32 Å². The van der Waals surface area contributed by atoms with Crippen LogP contribution in [0.15, 0.2) is 0 Å². The van der Waals surface area contributed by atoms with E-state index in [4.69, 9.17) is 0 Å². The summed E-state index contributed by atoms with van der Waals surface area (Å²) in [6.07, 6.45) is 6.90. The van der Waals surface area contributed by atoms with Crippen molar-refractivity contribution < 1.29 is 0 Å². The zero-order chi connectivity index (χ0) is 12.6. The van der Waals surface area contributed by atoms with Crippen LogP contribution in [-0.2, 0) is 0 Å². The lowest BCUT2D eigenvalue weighted by Gasteiger charge is -2.25. The minimum Gasteiger partial charge on any atom is -0.312 e. The molecular weight excluding hydrogens is 194 g/mol. The van der Waals surface area contributed by atoms with Crippen molar-refractivity contribution in [1.82, 2.24) is 5.32 Å². The Kier molecular flexibility index (Phi) is 8.09. The Labute approximate surface area is 103 Å². The van der Waals surface area contributed by atoms with Crippen molar-refractivity contribution in [2.45, 2.75) is 79.2 Å². The molecule has 0 fully saturated rings. The van der Waals surface area contributed by atoms with Gasteiger partial charge in [0.25, 0.3) is 0 Å². The maximum atomic E-state index is 3.61. The van der Waals surface area contributed by atoms with Crippen molar-refractivity contribution in [3.63, 3.8) is 0 Å². The molecular formula is C15H33N. The summed E-state index contributed by atoms with van der Waals surface area (Å²) in [5, 5.41) is 3.61. The van der Waals surface area contributed by atoms with Crippen LogP contribution in [0, 0.1) is 11.8 Å². The molecule has 1 nitrogen and oxygen atoms in total. The monoisotopic (exact) mass is 227 g/mol. The van der Waals surface area contributed by atoms with Gasteiger partial charge in [0.2, 0.25) is 0 Å². The normalized spacial score (nSPS) is 16.1. The summed E-state index contributed by atoms with van der Waals surface area (Å²) < 4.78 is 0. The third-order valence-electron chi connectivity index (χ3n) is 3.26. The van der Waals surface area contributed by atoms with Gasteiger partial charge in [0.05, 0.1) is 0 Å². The van der Waals surface area contributed by atoms with Crippen molar-refractivity contribution in [3.8, 4) is 0 Å². The van der Waals surface area contributed by atoms with Gasteiger partial charge >= 0.3 is 0 Å². The minimum absolute atomic E-state index is 0.263. The molecule has 1 N–H and O–H groups in total. The van der Waals surface area contributed by atoms with Crippen molar-refractivity contribution in [2.75, 3.05) is 6.54 Å². The van der Waals surface area contributed by atoms with Crippen LogP contribution in [-0.4, -0.2) is 12.1 Å². The van der Waals surface area contributed by atoms with Crippen LogP contribution in [0.5, 0.6) is 0 Å². The van der Waals surface area contributed by atoms with E-state index in [0.29, 0.717) is 0 Å². The summed E-state index contributed by atoms with van der Waals surface area (Å²) in [6.45, 7) is 14.9. The summed E-state index contributed by atoms with van der Waals surface area (Å²) in [6, 6.07) is 0. The second-order valence-corrected chi connectivity index (χ2v) is 6.39. The first-order valence-electron chi connectivity index (χ1n) is 7.14. The fourth-order valence-corrected chi connectivity index (χ4v) is 2.11. The van der Waals surface area contributed by atoms with E-state index < -0.39 is 0 Å². The van der Waals surface area contributed by atoms with Gasteiger partial charge in [-0.3, -0.25) is 0 Å². The highest BCUT2D eigenvalue weighted by Gasteiger charge is 2.14. The number of unbranched alkanes of at least 4 members (excludes halogenated alkanes) is 1. The third-order valence-corrected chi connectivity index (χ3v) is 3.26. The molecule has 0 bridgehead atoms. The van der Waals surface area contributed by atoms with Crippen LogP contribution in [0.4, 0.5) is 0 Å². The average Bonchev–Trinajstić information content (AvgIpc) is 2.20. The molecule has 0 rings (SSSR count). The molecule has 0 amide bonds. The molecule has 0 aliphatic heterocycles. The third kappa shape index (κ3) is 9.21. The Bertz CT molecular complexity index is 157. The lowest BCUT2D eigenvalue weighted by Crippen LogP contribution is -2.38. The maximum absolute atomic E-state index is 3.61. The van der Waals surface area contributed by atoms with Gasteiger partial charge in [0.1, 0.15) is 0 Å². The van der Waals surface area contributed by atoms with Crippen molar-refractivity contribution >= 4 is 0 Å². The van der Waals surface area contributed by atoms with Crippen molar-refractivity contribution in [3.05, 3.63) is 0 Å². The zero-order valence-corrected chi connectivity index (χ0v) is 12.4. The fraction of sp³-hybridized carbons (Fsp3) is 1.00. The van der Waals surface area contributed by atoms with Crippen molar-refractivity contribution in [2.24, 2.45) is 11.8 Å². The van der Waals surface area contributed by atoms with Crippen LogP contribution >= 0.6 is 0 Å². The van der Waals surface area contributed by atoms with Gasteiger partial charge in [-0.1, -0.05) is 46.5 Å². The van der Waals surface area contributed by atoms with Gasteiger partial charge in [-0.2, -0.15) is 0 Å². The minimum atomic E-state index is 0.263. The number of nitrogens with one attached hydrogen (secondary N) is 1. The number of rotatable bonds is 8. The first-order valence-corrected chi connectivity index (χ1v) is 7.14. The molecule has 0 aromatic carbocycles. The van der Waals surface area contributed by atoms with Crippen LogP contribution in [0.25, 0.3) is 0 Å². The van der Waals surface area contributed by atoms with Gasteiger partial charge in [0, 0.05) is 5.54 Å². The second-order valence-electron chi connectivity index (χ2n) is 6.39. The largest absolute Gasteiger partial charge is 0.312 e. The number of hydrogen-bond acceptors (Lipinski definition) is 1. The van der Waals surface area contributed by atoms with E-state index >= 15 is 0 Å². The smallest absolute Gasteiger partial charge is 0.00966 e. The molecule has 0 saturated heterocycles. The molecule has 0 heterocycles. The topological polar surface area (TPSA) is 12.0 Å². The predicted molar refractivity (Wildman–Crippen MR) is 74.8 cm³/mol. The molecule has 0 spiro atoms. The van der Waals surface area contributed by atoms with Gasteiger partial charge < -0.3 is 5.32 Å². The second kappa shape index (κ2) is 8.11. The van der Waals surface area contributed by atoms with Crippen LogP contribution in [0.1, 0.15) is 73.6 Å². The van der Waals surface area contributed by atoms with Crippen LogP contribution in [0.2, 0.25) is 0 Å². The van der Waals surface area contributed by atoms with Gasteiger partial charge in [-0.25, -0.2) is 0 Å². The Morgan fingerprint density at radius 2 is 1.75 bits per heavy atom. The lowest BCUT2D eigenvalue weighted by molar-refractivity contribution is 0.313. The summed E-state index contributed by atoms with van der Waals surface area (Å²) in [4.78, 5) is 0. The SMILES string of the molecule is CCCCC(CC)CC(C)CNC(C)(C)C. The average molecular weight is 227 g/mol. The molecule has 1 heteroatoms. The highest BCUT2D eigenvalue weighted by molar-refractivity contribution is 4.73. The number of hydrogen-bond donors (Lipinski definition) is 1. The molecule has 0 aromatic heterocycles. The molecule has 0 aliphatic carbocycles. The molecule has 0 aromatic rings. The molecule has 0 radical (unpaired) electrons. The standard InChI is InChI=1S/C15H33N/c1-7-9-10-14(8-2)11-13(3)12-16-15(4,5)6/h13-14,16H,7-12H2,1-6H3. The van der Waals surface area contributed by atoms with E-state index in [2.05, 4.69) is 46.9 Å².